The molecule has 38 heavy (non-hydrogen) atoms. The summed E-state index contributed by atoms with van der Waals surface area (Å²) >= 11 is 6.22. The molecule has 0 unspecified atom stereocenters. The number of unbranched alkanes of at least 4 members (excludes halogenated alkanes) is 1. The summed E-state index contributed by atoms with van der Waals surface area (Å²) in [5, 5.41) is 16.2. The maximum absolute atomic E-state index is 12.4. The molecular formula is C30H45ClFN5O. The van der Waals surface area contributed by atoms with Gasteiger partial charge in [0, 0.05) is 24.0 Å². The third-order valence-corrected chi connectivity index (χ3v) is 7.50. The molecule has 1 aromatic heterocycles. The van der Waals surface area contributed by atoms with Crippen LogP contribution in [-0.2, 0) is 0 Å². The molecule has 6 nitrogen and oxygen atoms in total. The van der Waals surface area contributed by atoms with E-state index in [1.165, 1.54) is 13.1 Å². The second-order valence-electron chi connectivity index (χ2n) is 9.82. The molecule has 210 valence electrons. The molecule has 1 aliphatic heterocycles. The number of aromatic nitrogens is 3. The molecule has 3 rings (SSSR count). The Kier molecular flexibility index (Phi) is 13.9. The third kappa shape index (κ3) is 9.16. The van der Waals surface area contributed by atoms with E-state index < -0.39 is 6.23 Å². The number of hydrogen-bond donors (Lipinski definition) is 2. The molecule has 8 heteroatoms. The van der Waals surface area contributed by atoms with Crippen molar-refractivity contribution in [1.29, 1.82) is 0 Å². The molecule has 0 aliphatic carbocycles. The number of halogens is 2. The van der Waals surface area contributed by atoms with E-state index >= 15 is 0 Å². The van der Waals surface area contributed by atoms with Crippen molar-refractivity contribution in [2.45, 2.75) is 78.4 Å². The van der Waals surface area contributed by atoms with Gasteiger partial charge in [0.1, 0.15) is 17.9 Å². The van der Waals surface area contributed by atoms with Gasteiger partial charge in [-0.15, -0.1) is 0 Å². The van der Waals surface area contributed by atoms with Crippen molar-refractivity contribution in [3.63, 3.8) is 0 Å². The number of nitrogens with zero attached hydrogens (tertiary/aromatic N) is 4. The molecule has 1 aromatic carbocycles. The lowest BCUT2D eigenvalue weighted by molar-refractivity contribution is -0.0185. The maximum atomic E-state index is 12.4. The van der Waals surface area contributed by atoms with Crippen LogP contribution in [0.3, 0.4) is 0 Å². The first kappa shape index (κ1) is 31.9. The molecule has 0 bridgehead atoms. The maximum Gasteiger partial charge on any atom is 0.148 e. The van der Waals surface area contributed by atoms with Crippen molar-refractivity contribution in [3.05, 3.63) is 76.6 Å². The largest absolute Gasteiger partial charge is 0.378 e. The Balaban J connectivity index is 0.00000247. The summed E-state index contributed by atoms with van der Waals surface area (Å²) in [5.41, 5.74) is 7.63. The molecular weight excluding hydrogens is 501 g/mol. The first-order valence-corrected chi connectivity index (χ1v) is 14.0. The summed E-state index contributed by atoms with van der Waals surface area (Å²) < 4.78 is 14.3. The Hall–Kier alpha value is -2.32. The Labute approximate surface area is 233 Å². The van der Waals surface area contributed by atoms with Crippen LogP contribution in [0.2, 0.25) is 5.02 Å². The van der Waals surface area contributed by atoms with Crippen LogP contribution in [0, 0.1) is 19.8 Å². The zero-order valence-corrected chi connectivity index (χ0v) is 24.3. The van der Waals surface area contributed by atoms with Crippen molar-refractivity contribution in [1.82, 2.24) is 19.7 Å². The fourth-order valence-corrected chi connectivity index (χ4v) is 5.07. The highest BCUT2D eigenvalue weighted by Crippen LogP contribution is 2.30. The molecule has 1 aliphatic rings. The van der Waals surface area contributed by atoms with Gasteiger partial charge in [-0.2, -0.15) is 5.10 Å². The quantitative estimate of drug-likeness (QED) is 0.240. The van der Waals surface area contributed by atoms with Crippen LogP contribution in [0.15, 0.2) is 54.4 Å². The normalized spacial score (nSPS) is 17.1. The summed E-state index contributed by atoms with van der Waals surface area (Å²) in [6.07, 6.45) is 13.1. The zero-order chi connectivity index (χ0) is 28.1. The van der Waals surface area contributed by atoms with Crippen molar-refractivity contribution in [2.75, 3.05) is 20.1 Å². The second-order valence-corrected chi connectivity index (χ2v) is 10.2. The van der Waals surface area contributed by atoms with E-state index in [-0.39, 0.29) is 0 Å². The molecule has 0 saturated carbocycles. The van der Waals surface area contributed by atoms with Gasteiger partial charge in [-0.1, -0.05) is 43.2 Å². The fraction of sp³-hybridized carbons (Fsp3) is 0.533. The van der Waals surface area contributed by atoms with Crippen LogP contribution in [0.4, 0.5) is 4.39 Å². The van der Waals surface area contributed by atoms with Crippen molar-refractivity contribution in [3.8, 4) is 5.69 Å². The topological polar surface area (TPSA) is 80.2 Å². The van der Waals surface area contributed by atoms with Crippen molar-refractivity contribution in [2.24, 2.45) is 11.7 Å². The third-order valence-electron chi connectivity index (χ3n) is 7.08. The van der Waals surface area contributed by atoms with Crippen molar-refractivity contribution < 1.29 is 9.50 Å². The number of hydrogen-bond acceptors (Lipinski definition) is 5. The zero-order valence-electron chi connectivity index (χ0n) is 23.6. The van der Waals surface area contributed by atoms with Gasteiger partial charge in [0.2, 0.25) is 0 Å². The second kappa shape index (κ2) is 16.6. The average molecular weight is 546 g/mol. The van der Waals surface area contributed by atoms with Crippen LogP contribution in [-0.4, -0.2) is 51.1 Å². The van der Waals surface area contributed by atoms with Gasteiger partial charge < -0.3 is 10.8 Å². The van der Waals surface area contributed by atoms with Crippen molar-refractivity contribution >= 4 is 11.6 Å². The van der Waals surface area contributed by atoms with Crippen LogP contribution >= 0.6 is 11.6 Å². The lowest BCUT2D eigenvalue weighted by Gasteiger charge is -2.34. The summed E-state index contributed by atoms with van der Waals surface area (Å²) in [5.74, 6) is 2.42. The highest BCUT2D eigenvalue weighted by molar-refractivity contribution is 6.31. The summed E-state index contributed by atoms with van der Waals surface area (Å²) in [4.78, 5) is 6.95. The number of allylic oxidation sites excluding steroid dienone is 5. The van der Waals surface area contributed by atoms with E-state index in [0.29, 0.717) is 18.2 Å². The smallest absolute Gasteiger partial charge is 0.148 e. The predicted octanol–water partition coefficient (Wildman–Crippen LogP) is 6.79. The Morgan fingerprint density at radius 1 is 1.21 bits per heavy atom. The highest BCUT2D eigenvalue weighted by atomic mass is 35.5. The van der Waals surface area contributed by atoms with E-state index in [4.69, 9.17) is 16.6 Å². The number of aliphatic hydroxyl groups excluding tert-OH is 1. The van der Waals surface area contributed by atoms with Crippen LogP contribution in [0.5, 0.6) is 0 Å². The van der Waals surface area contributed by atoms with E-state index in [1.54, 1.807) is 0 Å². The predicted molar refractivity (Wildman–Crippen MR) is 156 cm³/mol. The SMILES string of the molecule is CN.C\C=C/C(=C\C=C\F)[C@@H](C)CCCC[C@H](O)N1CCC(c2nc(C)nn2-c2ccc(Cl)c(C)c2)CC1. The lowest BCUT2D eigenvalue weighted by atomic mass is 9.93. The molecule has 0 radical (unpaired) electrons. The monoisotopic (exact) mass is 545 g/mol. The Bertz CT molecular complexity index is 1070. The van der Waals surface area contributed by atoms with Gasteiger partial charge in [-0.25, -0.2) is 14.1 Å². The summed E-state index contributed by atoms with van der Waals surface area (Å²) in [6, 6.07) is 5.95. The molecule has 2 heterocycles. The summed E-state index contributed by atoms with van der Waals surface area (Å²) in [6.45, 7) is 9.76. The number of nitrogens with two attached hydrogens (primary N) is 1. The molecule has 0 amide bonds. The number of aliphatic hydroxyl groups is 1. The van der Waals surface area contributed by atoms with Crippen LogP contribution in [0.25, 0.3) is 5.69 Å². The Morgan fingerprint density at radius 2 is 1.89 bits per heavy atom. The molecule has 2 atom stereocenters. The molecule has 1 fully saturated rings. The highest BCUT2D eigenvalue weighted by Gasteiger charge is 2.28. The molecule has 2 aromatic rings. The number of rotatable bonds is 11. The van der Waals surface area contributed by atoms with Gasteiger partial charge in [0.15, 0.2) is 0 Å². The molecule has 1 saturated heterocycles. The fourth-order valence-electron chi connectivity index (χ4n) is 4.95. The lowest BCUT2D eigenvalue weighted by Crippen LogP contribution is -2.41. The minimum atomic E-state index is -0.417. The number of aryl methyl sites for hydroxylation is 2. The number of likely N-dealkylation sites (tertiary alicyclic amines) is 1. The minimum Gasteiger partial charge on any atom is -0.378 e. The summed E-state index contributed by atoms with van der Waals surface area (Å²) in [7, 11) is 1.50. The molecule has 0 spiro atoms. The van der Waals surface area contributed by atoms with E-state index in [2.05, 4.69) is 28.7 Å². The van der Waals surface area contributed by atoms with Gasteiger partial charge in [0.25, 0.3) is 0 Å². The number of piperidine rings is 1. The van der Waals surface area contributed by atoms with Crippen LogP contribution in [0.1, 0.15) is 75.5 Å². The number of benzene rings is 1. The van der Waals surface area contributed by atoms with E-state index in [1.807, 2.05) is 55.8 Å². The minimum absolute atomic E-state index is 0.307. The van der Waals surface area contributed by atoms with Gasteiger partial charge in [-0.05, 0) is 101 Å². The van der Waals surface area contributed by atoms with Crippen LogP contribution < -0.4 is 5.73 Å². The first-order valence-electron chi connectivity index (χ1n) is 13.6. The van der Waals surface area contributed by atoms with E-state index in [9.17, 15) is 9.50 Å². The average Bonchev–Trinajstić information content (AvgIpc) is 3.33. The van der Waals surface area contributed by atoms with Gasteiger partial charge in [-0.3, -0.25) is 4.90 Å². The standard InChI is InChI=1S/C29H40ClFN4O.CH5N/c1-5-9-24(11-8-17-31)21(2)10-6-7-12-28(36)34-18-15-25(16-19-34)29-32-23(4)33-35(29)26-13-14-27(30)22(3)20-26;1-2/h5,8-9,11,13-14,17,20-21,25,28,36H,6-7,10,12,15-16,18-19H2,1-4H3;2H2,1H3/b9-5-,17-8+,24-11+;/t21-,28-;/m0./s1. The first-order chi connectivity index (χ1) is 18.3. The molecule has 3 N–H and O–H groups in total. The van der Waals surface area contributed by atoms with E-state index in [0.717, 1.165) is 85.1 Å². The van der Waals surface area contributed by atoms with Gasteiger partial charge >= 0.3 is 0 Å². The van der Waals surface area contributed by atoms with Gasteiger partial charge in [0.05, 0.1) is 12.0 Å². The Morgan fingerprint density at radius 3 is 2.53 bits per heavy atom.